The Morgan fingerprint density at radius 1 is 1.00 bits per heavy atom. The van der Waals surface area contributed by atoms with Crippen LogP contribution in [0.2, 0.25) is 0 Å². The van der Waals surface area contributed by atoms with Crippen LogP contribution in [-0.2, 0) is 11.3 Å². The molecule has 2 aliphatic rings. The summed E-state index contributed by atoms with van der Waals surface area (Å²) in [5, 5.41) is 0. The number of methoxy groups -OCH3 is 2. The van der Waals surface area contributed by atoms with E-state index in [9.17, 15) is 4.79 Å². The summed E-state index contributed by atoms with van der Waals surface area (Å²) < 4.78 is 10.7. The van der Waals surface area contributed by atoms with Crippen LogP contribution >= 0.6 is 12.4 Å². The highest BCUT2D eigenvalue weighted by Gasteiger charge is 2.29. The molecule has 0 saturated carbocycles. The quantitative estimate of drug-likeness (QED) is 0.761. The van der Waals surface area contributed by atoms with Crippen molar-refractivity contribution in [2.75, 3.05) is 60.5 Å². The molecule has 0 aromatic heterocycles. The summed E-state index contributed by atoms with van der Waals surface area (Å²) in [6.45, 7) is 6.56. The molecule has 0 atom stereocenters. The van der Waals surface area contributed by atoms with E-state index in [1.807, 2.05) is 12.1 Å². The molecule has 1 aromatic rings. The van der Waals surface area contributed by atoms with E-state index in [2.05, 4.69) is 27.8 Å². The van der Waals surface area contributed by atoms with Crippen molar-refractivity contribution in [3.05, 3.63) is 23.8 Å². The summed E-state index contributed by atoms with van der Waals surface area (Å²) in [5.41, 5.74) is 1.21. The lowest BCUT2D eigenvalue weighted by atomic mass is 9.94. The fraction of sp³-hybridized carbons (Fsp3) is 0.650. The standard InChI is InChI=1S/C20H31N3O3.ClH/c1-21-10-12-23(13-11-21)20(24)17-6-8-22(9-7-17)15-16-4-5-18(25-2)19(14-16)26-3;/h4-5,14,17H,6-13,15H2,1-3H3;1H. The fourth-order valence-corrected chi connectivity index (χ4v) is 3.86. The monoisotopic (exact) mass is 397 g/mol. The number of ether oxygens (including phenoxy) is 2. The van der Waals surface area contributed by atoms with Gasteiger partial charge in [0.15, 0.2) is 11.5 Å². The minimum absolute atomic E-state index is 0. The highest BCUT2D eigenvalue weighted by Crippen LogP contribution is 2.29. The first kappa shape index (κ1) is 21.8. The minimum Gasteiger partial charge on any atom is -0.493 e. The number of carbonyl (C=O) groups is 1. The average Bonchev–Trinajstić information content (AvgIpc) is 2.68. The molecule has 0 radical (unpaired) electrons. The second-order valence-corrected chi connectivity index (χ2v) is 7.37. The van der Waals surface area contributed by atoms with Crippen LogP contribution in [0.1, 0.15) is 18.4 Å². The Hall–Kier alpha value is -1.50. The molecule has 0 unspecified atom stereocenters. The first-order chi connectivity index (χ1) is 12.6. The van der Waals surface area contributed by atoms with E-state index < -0.39 is 0 Å². The molecule has 152 valence electrons. The molecule has 0 N–H and O–H groups in total. The first-order valence-corrected chi connectivity index (χ1v) is 9.51. The third-order valence-corrected chi connectivity index (χ3v) is 5.61. The molecule has 0 bridgehead atoms. The zero-order valence-corrected chi connectivity index (χ0v) is 17.5. The molecule has 2 heterocycles. The first-order valence-electron chi connectivity index (χ1n) is 9.51. The molecular weight excluding hydrogens is 366 g/mol. The lowest BCUT2D eigenvalue weighted by Gasteiger charge is -2.37. The minimum atomic E-state index is 0. The van der Waals surface area contributed by atoms with Gasteiger partial charge in [0, 0.05) is 38.6 Å². The molecule has 2 saturated heterocycles. The molecule has 1 aromatic carbocycles. The Kier molecular flexibility index (Phi) is 8.20. The van der Waals surface area contributed by atoms with Gasteiger partial charge in [-0.2, -0.15) is 0 Å². The molecule has 0 spiro atoms. The van der Waals surface area contributed by atoms with Gasteiger partial charge in [-0.25, -0.2) is 0 Å². The predicted molar refractivity (Wildman–Crippen MR) is 109 cm³/mol. The van der Waals surface area contributed by atoms with Crippen molar-refractivity contribution in [3.8, 4) is 11.5 Å². The lowest BCUT2D eigenvalue weighted by Crippen LogP contribution is -2.50. The Balaban J connectivity index is 0.00000261. The van der Waals surface area contributed by atoms with Gasteiger partial charge < -0.3 is 19.3 Å². The zero-order valence-electron chi connectivity index (χ0n) is 16.6. The summed E-state index contributed by atoms with van der Waals surface area (Å²) in [5.74, 6) is 2.08. The van der Waals surface area contributed by atoms with Gasteiger partial charge >= 0.3 is 0 Å². The van der Waals surface area contributed by atoms with E-state index in [1.54, 1.807) is 14.2 Å². The Bertz CT molecular complexity index is 612. The van der Waals surface area contributed by atoms with E-state index in [-0.39, 0.29) is 18.3 Å². The van der Waals surface area contributed by atoms with E-state index in [1.165, 1.54) is 5.56 Å². The number of likely N-dealkylation sites (N-methyl/N-ethyl adjacent to an activating group) is 1. The molecule has 2 fully saturated rings. The number of amides is 1. The molecule has 0 aliphatic carbocycles. The number of benzene rings is 1. The Morgan fingerprint density at radius 3 is 2.22 bits per heavy atom. The van der Waals surface area contributed by atoms with Crippen molar-refractivity contribution in [2.45, 2.75) is 19.4 Å². The number of nitrogens with zero attached hydrogens (tertiary/aromatic N) is 3. The predicted octanol–water partition coefficient (Wildman–Crippen LogP) is 2.11. The highest BCUT2D eigenvalue weighted by molar-refractivity contribution is 5.85. The summed E-state index contributed by atoms with van der Waals surface area (Å²) >= 11 is 0. The molecule has 2 aliphatic heterocycles. The second-order valence-electron chi connectivity index (χ2n) is 7.37. The molecule has 27 heavy (non-hydrogen) atoms. The van der Waals surface area contributed by atoms with Crippen LogP contribution in [0.5, 0.6) is 11.5 Å². The van der Waals surface area contributed by atoms with Crippen LogP contribution in [0.4, 0.5) is 0 Å². The number of rotatable bonds is 5. The average molecular weight is 398 g/mol. The number of likely N-dealkylation sites (tertiary alicyclic amines) is 1. The summed E-state index contributed by atoms with van der Waals surface area (Å²) in [4.78, 5) is 19.5. The summed E-state index contributed by atoms with van der Waals surface area (Å²) in [6, 6.07) is 6.08. The van der Waals surface area contributed by atoms with Crippen LogP contribution in [0.25, 0.3) is 0 Å². The van der Waals surface area contributed by atoms with Gasteiger partial charge in [-0.05, 0) is 50.7 Å². The van der Waals surface area contributed by atoms with Crippen LogP contribution in [0.3, 0.4) is 0 Å². The topological polar surface area (TPSA) is 45.2 Å². The Labute approximate surface area is 168 Å². The van der Waals surface area contributed by atoms with Gasteiger partial charge in [0.2, 0.25) is 5.91 Å². The maximum atomic E-state index is 12.7. The normalized spacial score (nSPS) is 19.4. The maximum absolute atomic E-state index is 12.7. The van der Waals surface area contributed by atoms with Gasteiger partial charge in [0.1, 0.15) is 0 Å². The van der Waals surface area contributed by atoms with Crippen LogP contribution in [0, 0.1) is 5.92 Å². The SMILES string of the molecule is COc1ccc(CN2CCC(C(=O)N3CCN(C)CC3)CC2)cc1OC.Cl. The lowest BCUT2D eigenvalue weighted by molar-refractivity contribution is -0.138. The number of piperazine rings is 1. The smallest absolute Gasteiger partial charge is 0.225 e. The maximum Gasteiger partial charge on any atom is 0.225 e. The van der Waals surface area contributed by atoms with Crippen molar-refractivity contribution in [2.24, 2.45) is 5.92 Å². The van der Waals surface area contributed by atoms with Crippen LogP contribution < -0.4 is 9.47 Å². The third kappa shape index (κ3) is 5.50. The van der Waals surface area contributed by atoms with Crippen LogP contribution in [-0.4, -0.2) is 81.1 Å². The van der Waals surface area contributed by atoms with E-state index in [0.717, 1.165) is 70.2 Å². The number of hydrogen-bond donors (Lipinski definition) is 0. The molecule has 1 amide bonds. The zero-order chi connectivity index (χ0) is 18.5. The number of piperidine rings is 1. The summed E-state index contributed by atoms with van der Waals surface area (Å²) in [7, 11) is 5.44. The highest BCUT2D eigenvalue weighted by atomic mass is 35.5. The van der Waals surface area contributed by atoms with Gasteiger partial charge in [-0.15, -0.1) is 12.4 Å². The second kappa shape index (κ2) is 10.2. The molecule has 7 heteroatoms. The van der Waals surface area contributed by atoms with Crippen molar-refractivity contribution < 1.29 is 14.3 Å². The van der Waals surface area contributed by atoms with E-state index in [4.69, 9.17) is 9.47 Å². The molecular formula is C20H32ClN3O3. The van der Waals surface area contributed by atoms with Gasteiger partial charge in [-0.1, -0.05) is 6.07 Å². The van der Waals surface area contributed by atoms with Gasteiger partial charge in [0.25, 0.3) is 0 Å². The van der Waals surface area contributed by atoms with Crippen molar-refractivity contribution in [1.82, 2.24) is 14.7 Å². The van der Waals surface area contributed by atoms with Crippen molar-refractivity contribution in [1.29, 1.82) is 0 Å². The number of carbonyl (C=O) groups excluding carboxylic acids is 1. The largest absolute Gasteiger partial charge is 0.493 e. The third-order valence-electron chi connectivity index (χ3n) is 5.61. The Morgan fingerprint density at radius 2 is 1.63 bits per heavy atom. The molecule has 3 rings (SSSR count). The van der Waals surface area contributed by atoms with Crippen molar-refractivity contribution >= 4 is 18.3 Å². The molecule has 6 nitrogen and oxygen atoms in total. The fourth-order valence-electron chi connectivity index (χ4n) is 3.86. The number of halogens is 1. The van der Waals surface area contributed by atoms with Gasteiger partial charge in [0.05, 0.1) is 14.2 Å². The van der Waals surface area contributed by atoms with Gasteiger partial charge in [-0.3, -0.25) is 9.69 Å². The van der Waals surface area contributed by atoms with Crippen molar-refractivity contribution in [3.63, 3.8) is 0 Å². The summed E-state index contributed by atoms with van der Waals surface area (Å²) in [6.07, 6.45) is 1.91. The van der Waals surface area contributed by atoms with Crippen LogP contribution in [0.15, 0.2) is 18.2 Å². The number of hydrogen-bond acceptors (Lipinski definition) is 5. The van der Waals surface area contributed by atoms with E-state index in [0.29, 0.717) is 5.91 Å². The van der Waals surface area contributed by atoms with E-state index >= 15 is 0 Å².